The van der Waals surface area contributed by atoms with Crippen molar-refractivity contribution in [2.45, 2.75) is 52.6 Å². The second-order valence-electron chi connectivity index (χ2n) is 4.74. The summed E-state index contributed by atoms with van der Waals surface area (Å²) in [6, 6.07) is 0.856. The molecular formula is C12H23N3. The van der Waals surface area contributed by atoms with Crippen LogP contribution in [0.5, 0.6) is 0 Å². The fraction of sp³-hybridized carbons (Fsp3) is 0.750. The van der Waals surface area contributed by atoms with Crippen LogP contribution in [0.1, 0.15) is 52.4 Å². The van der Waals surface area contributed by atoms with Gasteiger partial charge in [0.2, 0.25) is 0 Å². The van der Waals surface area contributed by atoms with E-state index in [9.17, 15) is 0 Å². The molecule has 1 aromatic heterocycles. The molecule has 1 rings (SSSR count). The maximum atomic E-state index is 4.25. The Morgan fingerprint density at radius 1 is 1.27 bits per heavy atom. The smallest absolute Gasteiger partial charge is 0.122 e. The first-order valence-electron chi connectivity index (χ1n) is 5.85. The van der Waals surface area contributed by atoms with Crippen LogP contribution in [0.2, 0.25) is 0 Å². The molecule has 0 aromatic carbocycles. The third-order valence-corrected chi connectivity index (χ3v) is 2.64. The van der Waals surface area contributed by atoms with Gasteiger partial charge in [-0.25, -0.2) is 4.98 Å². The second kappa shape index (κ2) is 5.91. The van der Waals surface area contributed by atoms with Gasteiger partial charge >= 0.3 is 0 Å². The van der Waals surface area contributed by atoms with Gasteiger partial charge in [0.15, 0.2) is 0 Å². The number of aromatic nitrogens is 2. The molecule has 3 heteroatoms. The molecule has 0 aliphatic rings. The minimum atomic E-state index is 0.308. The Hall–Kier alpha value is -0.830. The van der Waals surface area contributed by atoms with Crippen LogP contribution in [0, 0.1) is 5.92 Å². The van der Waals surface area contributed by atoms with Crippen LogP contribution in [-0.2, 0) is 0 Å². The number of rotatable bonds is 6. The Morgan fingerprint density at radius 2 is 2.00 bits per heavy atom. The average molecular weight is 209 g/mol. The number of H-pyrrole nitrogens is 1. The normalized spacial score (nSPS) is 15.5. The number of hydrogen-bond acceptors (Lipinski definition) is 2. The van der Waals surface area contributed by atoms with E-state index in [4.69, 9.17) is 0 Å². The van der Waals surface area contributed by atoms with Crippen molar-refractivity contribution in [1.82, 2.24) is 15.3 Å². The molecule has 0 aliphatic carbocycles. The zero-order chi connectivity index (χ0) is 11.3. The van der Waals surface area contributed by atoms with E-state index in [1.807, 2.05) is 6.20 Å². The minimum absolute atomic E-state index is 0.308. The van der Waals surface area contributed by atoms with Crippen LogP contribution in [0.25, 0.3) is 0 Å². The Bertz CT molecular complexity index is 254. The lowest BCUT2D eigenvalue weighted by atomic mass is 10.0. The first-order chi connectivity index (χ1) is 7.09. The van der Waals surface area contributed by atoms with E-state index in [1.165, 1.54) is 12.8 Å². The van der Waals surface area contributed by atoms with Gasteiger partial charge < -0.3 is 10.3 Å². The largest absolute Gasteiger partial charge is 0.347 e. The van der Waals surface area contributed by atoms with Crippen molar-refractivity contribution < 1.29 is 0 Å². The lowest BCUT2D eigenvalue weighted by Crippen LogP contribution is -2.29. The fourth-order valence-corrected chi connectivity index (χ4v) is 1.69. The summed E-state index contributed by atoms with van der Waals surface area (Å²) in [6.07, 6.45) is 6.17. The molecule has 15 heavy (non-hydrogen) atoms. The van der Waals surface area contributed by atoms with E-state index in [1.54, 1.807) is 6.20 Å². The first-order valence-corrected chi connectivity index (χ1v) is 5.85. The van der Waals surface area contributed by atoms with E-state index in [0.717, 1.165) is 11.7 Å². The molecule has 86 valence electrons. The molecule has 1 heterocycles. The molecule has 3 nitrogen and oxygen atoms in total. The molecule has 0 fully saturated rings. The number of nitrogens with zero attached hydrogens (tertiary/aromatic N) is 1. The molecule has 1 aromatic rings. The van der Waals surface area contributed by atoms with Crippen LogP contribution < -0.4 is 5.32 Å². The highest BCUT2D eigenvalue weighted by atomic mass is 15.0. The molecule has 0 amide bonds. The van der Waals surface area contributed by atoms with Gasteiger partial charge in [-0.1, -0.05) is 13.8 Å². The Morgan fingerprint density at radius 3 is 2.53 bits per heavy atom. The first kappa shape index (κ1) is 12.2. The maximum absolute atomic E-state index is 4.25. The molecule has 0 saturated heterocycles. The predicted molar refractivity (Wildman–Crippen MR) is 63.7 cm³/mol. The van der Waals surface area contributed by atoms with Crippen LogP contribution in [0.15, 0.2) is 12.4 Å². The fourth-order valence-electron chi connectivity index (χ4n) is 1.69. The van der Waals surface area contributed by atoms with Gasteiger partial charge in [-0.2, -0.15) is 0 Å². The summed E-state index contributed by atoms with van der Waals surface area (Å²) in [7, 11) is 0. The zero-order valence-electron chi connectivity index (χ0n) is 10.2. The summed E-state index contributed by atoms with van der Waals surface area (Å²) in [5.74, 6) is 1.81. The Labute approximate surface area is 92.7 Å². The summed E-state index contributed by atoms with van der Waals surface area (Å²) >= 11 is 0. The number of imidazole rings is 1. The number of nitrogens with one attached hydrogen (secondary N) is 2. The standard InChI is InChI=1S/C12H23N3/c1-9(2)5-6-10(3)15-11(4)12-13-7-8-14-12/h7-11,15H,5-6H2,1-4H3,(H,13,14). The van der Waals surface area contributed by atoms with Crippen molar-refractivity contribution in [2.24, 2.45) is 5.92 Å². The molecule has 0 bridgehead atoms. The van der Waals surface area contributed by atoms with Crippen LogP contribution in [-0.4, -0.2) is 16.0 Å². The van der Waals surface area contributed by atoms with Gasteiger partial charge in [-0.15, -0.1) is 0 Å². The van der Waals surface area contributed by atoms with Gasteiger partial charge in [0, 0.05) is 18.4 Å². The van der Waals surface area contributed by atoms with Gasteiger partial charge in [0.05, 0.1) is 6.04 Å². The highest BCUT2D eigenvalue weighted by Crippen LogP contribution is 2.11. The van der Waals surface area contributed by atoms with Crippen molar-refractivity contribution in [3.05, 3.63) is 18.2 Å². The lowest BCUT2D eigenvalue weighted by molar-refractivity contribution is 0.410. The summed E-state index contributed by atoms with van der Waals surface area (Å²) in [4.78, 5) is 7.38. The molecule has 0 aliphatic heterocycles. The highest BCUT2D eigenvalue weighted by molar-refractivity contribution is 4.94. The molecular weight excluding hydrogens is 186 g/mol. The molecule has 2 atom stereocenters. The quantitative estimate of drug-likeness (QED) is 0.756. The van der Waals surface area contributed by atoms with Crippen LogP contribution in [0.4, 0.5) is 0 Å². The van der Waals surface area contributed by atoms with E-state index in [0.29, 0.717) is 12.1 Å². The average Bonchev–Trinajstić information content (AvgIpc) is 2.67. The number of aromatic amines is 1. The number of hydrogen-bond donors (Lipinski definition) is 2. The van der Waals surface area contributed by atoms with E-state index < -0.39 is 0 Å². The molecule has 0 saturated carbocycles. The lowest BCUT2D eigenvalue weighted by Gasteiger charge is -2.19. The molecule has 0 spiro atoms. The summed E-state index contributed by atoms with van der Waals surface area (Å²) in [5.41, 5.74) is 0. The highest BCUT2D eigenvalue weighted by Gasteiger charge is 2.11. The Balaban J connectivity index is 2.28. The van der Waals surface area contributed by atoms with Gasteiger partial charge in [-0.3, -0.25) is 0 Å². The van der Waals surface area contributed by atoms with Gasteiger partial charge in [-0.05, 0) is 32.6 Å². The summed E-state index contributed by atoms with van der Waals surface area (Å²) in [6.45, 7) is 8.91. The SMILES string of the molecule is CC(C)CCC(C)NC(C)c1ncc[nH]1. The van der Waals surface area contributed by atoms with Crippen LogP contribution >= 0.6 is 0 Å². The molecule has 0 radical (unpaired) electrons. The van der Waals surface area contributed by atoms with E-state index in [-0.39, 0.29) is 0 Å². The monoisotopic (exact) mass is 209 g/mol. The van der Waals surface area contributed by atoms with Crippen molar-refractivity contribution in [3.8, 4) is 0 Å². The molecule has 2 unspecified atom stereocenters. The van der Waals surface area contributed by atoms with Crippen molar-refractivity contribution in [2.75, 3.05) is 0 Å². The summed E-state index contributed by atoms with van der Waals surface area (Å²) in [5, 5.41) is 3.54. The minimum Gasteiger partial charge on any atom is -0.347 e. The van der Waals surface area contributed by atoms with Crippen LogP contribution in [0.3, 0.4) is 0 Å². The predicted octanol–water partition coefficient (Wildman–Crippen LogP) is 2.89. The Kier molecular flexibility index (Phi) is 4.82. The topological polar surface area (TPSA) is 40.7 Å². The van der Waals surface area contributed by atoms with Crippen molar-refractivity contribution in [3.63, 3.8) is 0 Å². The van der Waals surface area contributed by atoms with E-state index >= 15 is 0 Å². The molecule has 2 N–H and O–H groups in total. The third kappa shape index (κ3) is 4.47. The summed E-state index contributed by atoms with van der Waals surface area (Å²) < 4.78 is 0. The second-order valence-corrected chi connectivity index (χ2v) is 4.74. The van der Waals surface area contributed by atoms with Crippen molar-refractivity contribution in [1.29, 1.82) is 0 Å². The third-order valence-electron chi connectivity index (χ3n) is 2.64. The van der Waals surface area contributed by atoms with Crippen molar-refractivity contribution >= 4 is 0 Å². The maximum Gasteiger partial charge on any atom is 0.122 e. The van der Waals surface area contributed by atoms with E-state index in [2.05, 4.69) is 43.0 Å². The van der Waals surface area contributed by atoms with Gasteiger partial charge in [0.1, 0.15) is 5.82 Å². The van der Waals surface area contributed by atoms with Gasteiger partial charge in [0.25, 0.3) is 0 Å². The zero-order valence-corrected chi connectivity index (χ0v) is 10.2.